The molecule has 10 heteroatoms. The standard InChI is InChI=1S/C12H11N7O3/c1-22-11-4-2-3-10(5-11)18-7-9(14-16-18)6-17-8-13-12(15-17)19(20)21/h2-5,7-8H,6H2,1H3. The third-order valence-electron chi connectivity index (χ3n) is 2.87. The van der Waals surface area contributed by atoms with Crippen LogP contribution in [0, 0.1) is 10.1 Å². The van der Waals surface area contributed by atoms with E-state index in [1.165, 1.54) is 11.0 Å². The van der Waals surface area contributed by atoms with Crippen LogP contribution >= 0.6 is 0 Å². The minimum Gasteiger partial charge on any atom is -0.497 e. The van der Waals surface area contributed by atoms with Gasteiger partial charge in [-0.2, -0.15) is 4.68 Å². The number of methoxy groups -OCH3 is 1. The number of hydrogen-bond donors (Lipinski definition) is 0. The van der Waals surface area contributed by atoms with Crippen molar-refractivity contribution in [2.45, 2.75) is 6.54 Å². The predicted octanol–water partition coefficient (Wildman–Crippen LogP) is 0.824. The Labute approximate surface area is 124 Å². The summed E-state index contributed by atoms with van der Waals surface area (Å²) in [5.41, 5.74) is 1.39. The molecule has 10 nitrogen and oxygen atoms in total. The molecule has 0 bridgehead atoms. The second-order valence-corrected chi connectivity index (χ2v) is 4.36. The van der Waals surface area contributed by atoms with Crippen LogP contribution in [0.5, 0.6) is 5.75 Å². The highest BCUT2D eigenvalue weighted by Gasteiger charge is 2.14. The first kappa shape index (κ1) is 13.7. The fourth-order valence-electron chi connectivity index (χ4n) is 1.86. The zero-order valence-electron chi connectivity index (χ0n) is 11.5. The zero-order chi connectivity index (χ0) is 15.5. The van der Waals surface area contributed by atoms with Crippen molar-refractivity contribution in [2.24, 2.45) is 0 Å². The Balaban J connectivity index is 1.79. The van der Waals surface area contributed by atoms with E-state index in [2.05, 4.69) is 20.4 Å². The van der Waals surface area contributed by atoms with E-state index < -0.39 is 10.9 Å². The van der Waals surface area contributed by atoms with Crippen molar-refractivity contribution in [1.82, 2.24) is 29.8 Å². The number of hydrogen-bond acceptors (Lipinski definition) is 7. The monoisotopic (exact) mass is 301 g/mol. The Morgan fingerprint density at radius 2 is 2.27 bits per heavy atom. The van der Waals surface area contributed by atoms with E-state index in [0.29, 0.717) is 11.4 Å². The van der Waals surface area contributed by atoms with Crippen LogP contribution in [-0.2, 0) is 6.54 Å². The Hall–Kier alpha value is -3.30. The molecule has 0 saturated carbocycles. The van der Waals surface area contributed by atoms with Crippen LogP contribution in [-0.4, -0.2) is 41.8 Å². The third kappa shape index (κ3) is 2.75. The molecule has 0 N–H and O–H groups in total. The van der Waals surface area contributed by atoms with Gasteiger partial charge in [0, 0.05) is 11.2 Å². The molecule has 0 saturated heterocycles. The summed E-state index contributed by atoms with van der Waals surface area (Å²) in [5.74, 6) is 0.265. The molecule has 0 amide bonds. The first-order valence-electron chi connectivity index (χ1n) is 6.25. The van der Waals surface area contributed by atoms with Gasteiger partial charge in [-0.15, -0.1) is 5.10 Å². The van der Waals surface area contributed by atoms with E-state index in [0.717, 1.165) is 5.69 Å². The van der Waals surface area contributed by atoms with E-state index in [-0.39, 0.29) is 6.54 Å². The summed E-state index contributed by atoms with van der Waals surface area (Å²) < 4.78 is 8.07. The van der Waals surface area contributed by atoms with Gasteiger partial charge in [-0.3, -0.25) is 0 Å². The highest BCUT2D eigenvalue weighted by Crippen LogP contribution is 2.15. The van der Waals surface area contributed by atoms with Gasteiger partial charge in [0.05, 0.1) is 19.0 Å². The summed E-state index contributed by atoms with van der Waals surface area (Å²) >= 11 is 0. The van der Waals surface area contributed by atoms with Crippen LogP contribution < -0.4 is 4.74 Å². The predicted molar refractivity (Wildman–Crippen MR) is 73.7 cm³/mol. The van der Waals surface area contributed by atoms with Gasteiger partial charge in [0.15, 0.2) is 0 Å². The van der Waals surface area contributed by atoms with Gasteiger partial charge in [-0.05, 0) is 17.1 Å². The number of aromatic nitrogens is 6. The molecule has 0 unspecified atom stereocenters. The van der Waals surface area contributed by atoms with Gasteiger partial charge in [0.1, 0.15) is 18.0 Å². The lowest BCUT2D eigenvalue weighted by Crippen LogP contribution is -2.01. The first-order chi connectivity index (χ1) is 10.7. The fourth-order valence-corrected chi connectivity index (χ4v) is 1.86. The van der Waals surface area contributed by atoms with Gasteiger partial charge in [0.25, 0.3) is 0 Å². The van der Waals surface area contributed by atoms with Crippen LogP contribution in [0.4, 0.5) is 5.95 Å². The third-order valence-corrected chi connectivity index (χ3v) is 2.87. The van der Waals surface area contributed by atoms with E-state index in [4.69, 9.17) is 4.74 Å². The SMILES string of the molecule is COc1cccc(-n2cc(Cn3cnc([N+](=O)[O-])n3)nn2)c1. The van der Waals surface area contributed by atoms with Crippen molar-refractivity contribution in [3.8, 4) is 11.4 Å². The summed E-state index contributed by atoms with van der Waals surface area (Å²) in [6.45, 7) is 0.241. The van der Waals surface area contributed by atoms with Crippen molar-refractivity contribution in [3.05, 3.63) is 52.6 Å². The summed E-state index contributed by atoms with van der Waals surface area (Å²) in [6, 6.07) is 7.35. The molecule has 1 aromatic carbocycles. The Bertz CT molecular complexity index is 810. The molecule has 0 radical (unpaired) electrons. The second-order valence-electron chi connectivity index (χ2n) is 4.36. The molecule has 112 valence electrons. The van der Waals surface area contributed by atoms with Crippen LogP contribution in [0.1, 0.15) is 5.69 Å². The van der Waals surface area contributed by atoms with Crippen molar-refractivity contribution in [1.29, 1.82) is 0 Å². The quantitative estimate of drug-likeness (QED) is 0.506. The smallest absolute Gasteiger partial charge is 0.490 e. The molecule has 22 heavy (non-hydrogen) atoms. The number of benzene rings is 1. The molecule has 2 aromatic heterocycles. The zero-order valence-corrected chi connectivity index (χ0v) is 11.5. The highest BCUT2D eigenvalue weighted by atomic mass is 16.6. The van der Waals surface area contributed by atoms with E-state index >= 15 is 0 Å². The molecule has 0 atom stereocenters. The van der Waals surface area contributed by atoms with Gasteiger partial charge >= 0.3 is 5.95 Å². The topological polar surface area (TPSA) is 114 Å². The first-order valence-corrected chi connectivity index (χ1v) is 6.25. The van der Waals surface area contributed by atoms with Crippen LogP contribution in [0.15, 0.2) is 36.8 Å². The maximum Gasteiger partial charge on any atom is 0.490 e. The molecular weight excluding hydrogens is 290 g/mol. The lowest BCUT2D eigenvalue weighted by molar-refractivity contribution is -0.394. The van der Waals surface area contributed by atoms with Gasteiger partial charge in [-0.25, -0.2) is 4.68 Å². The van der Waals surface area contributed by atoms with Crippen molar-refractivity contribution in [3.63, 3.8) is 0 Å². The largest absolute Gasteiger partial charge is 0.497 e. The fraction of sp³-hybridized carbons (Fsp3) is 0.167. The maximum atomic E-state index is 10.5. The van der Waals surface area contributed by atoms with Gasteiger partial charge in [0.2, 0.25) is 6.33 Å². The lowest BCUT2D eigenvalue weighted by atomic mass is 10.3. The van der Waals surface area contributed by atoms with Crippen molar-refractivity contribution in [2.75, 3.05) is 7.11 Å². The van der Waals surface area contributed by atoms with Crippen molar-refractivity contribution < 1.29 is 9.66 Å². The van der Waals surface area contributed by atoms with E-state index in [1.807, 2.05) is 24.3 Å². The minimum absolute atomic E-state index is 0.241. The molecular formula is C12H11N7O3. The second kappa shape index (κ2) is 5.60. The number of nitrogens with zero attached hydrogens (tertiary/aromatic N) is 7. The normalized spacial score (nSPS) is 10.6. The average molecular weight is 301 g/mol. The van der Waals surface area contributed by atoms with Gasteiger partial charge < -0.3 is 14.9 Å². The molecule has 3 aromatic rings. The lowest BCUT2D eigenvalue weighted by Gasteiger charge is -2.02. The van der Waals surface area contributed by atoms with Gasteiger partial charge in [-0.1, -0.05) is 16.3 Å². The molecule has 0 fully saturated rings. The van der Waals surface area contributed by atoms with Crippen LogP contribution in [0.3, 0.4) is 0 Å². The Kier molecular flexibility index (Phi) is 3.48. The number of nitro groups is 1. The Morgan fingerprint density at radius 3 is 3.00 bits per heavy atom. The Morgan fingerprint density at radius 1 is 1.41 bits per heavy atom. The summed E-state index contributed by atoms with van der Waals surface area (Å²) in [6.07, 6.45) is 2.99. The summed E-state index contributed by atoms with van der Waals surface area (Å²) in [4.78, 5) is 13.5. The number of ether oxygens (including phenoxy) is 1. The molecule has 0 spiro atoms. The van der Waals surface area contributed by atoms with E-state index in [1.54, 1.807) is 18.0 Å². The van der Waals surface area contributed by atoms with Crippen LogP contribution in [0.25, 0.3) is 5.69 Å². The molecule has 0 aliphatic carbocycles. The van der Waals surface area contributed by atoms with Crippen LogP contribution in [0.2, 0.25) is 0 Å². The van der Waals surface area contributed by atoms with E-state index in [9.17, 15) is 10.1 Å². The number of rotatable bonds is 5. The minimum atomic E-state index is -0.649. The average Bonchev–Trinajstić information content (AvgIpc) is 3.17. The molecule has 3 rings (SSSR count). The molecule has 2 heterocycles. The van der Waals surface area contributed by atoms with Crippen molar-refractivity contribution >= 4 is 5.95 Å². The summed E-state index contributed by atoms with van der Waals surface area (Å²) in [5, 5.41) is 22.3. The highest BCUT2D eigenvalue weighted by molar-refractivity contribution is 5.38. The molecule has 0 aliphatic heterocycles. The summed E-state index contributed by atoms with van der Waals surface area (Å²) in [7, 11) is 1.59. The molecule has 0 aliphatic rings. The maximum absolute atomic E-state index is 10.5.